The molecule has 2 saturated heterocycles. The van der Waals surface area contributed by atoms with Crippen LogP contribution in [0.5, 0.6) is 0 Å². The van der Waals surface area contributed by atoms with Gasteiger partial charge in [0.15, 0.2) is 5.79 Å². The molecule has 0 aromatic heterocycles. The topological polar surface area (TPSA) is 66.0 Å². The summed E-state index contributed by atoms with van der Waals surface area (Å²) in [6.45, 7) is 7.72. The molecule has 3 aliphatic rings. The van der Waals surface area contributed by atoms with Crippen LogP contribution in [0.2, 0.25) is 0 Å². The maximum atomic E-state index is 14.9. The first-order valence-corrected chi connectivity index (χ1v) is 9.92. The van der Waals surface area contributed by atoms with Gasteiger partial charge in [0.25, 0.3) is 0 Å². The van der Waals surface area contributed by atoms with Crippen LogP contribution in [0, 0.1) is 17.7 Å². The van der Waals surface area contributed by atoms with Gasteiger partial charge in [-0.3, -0.25) is 5.32 Å². The number of ether oxygens (including phenoxy) is 4. The number of hydrogen-bond acceptors (Lipinski definition) is 5. The zero-order valence-corrected chi connectivity index (χ0v) is 16.6. The van der Waals surface area contributed by atoms with Crippen molar-refractivity contribution in [2.24, 2.45) is 11.8 Å². The monoisotopic (exact) mass is 393 g/mol. The predicted molar refractivity (Wildman–Crippen MR) is 101 cm³/mol. The highest BCUT2D eigenvalue weighted by Gasteiger charge is 2.57. The van der Waals surface area contributed by atoms with E-state index in [0.29, 0.717) is 37.7 Å². The Hall–Kier alpha value is -1.70. The van der Waals surface area contributed by atoms with Gasteiger partial charge in [0, 0.05) is 17.5 Å². The van der Waals surface area contributed by atoms with Gasteiger partial charge >= 0.3 is 6.09 Å². The number of amides is 1. The third kappa shape index (κ3) is 3.75. The fourth-order valence-corrected chi connectivity index (χ4v) is 4.69. The molecule has 28 heavy (non-hydrogen) atoms. The van der Waals surface area contributed by atoms with E-state index >= 15 is 0 Å². The molecule has 1 aliphatic carbocycles. The van der Waals surface area contributed by atoms with Gasteiger partial charge in [-0.25, -0.2) is 9.18 Å². The summed E-state index contributed by atoms with van der Waals surface area (Å²) in [5, 5.41) is 2.59. The van der Waals surface area contributed by atoms with E-state index in [2.05, 4.69) is 5.32 Å². The quantitative estimate of drug-likeness (QED) is 0.821. The summed E-state index contributed by atoms with van der Waals surface area (Å²) >= 11 is 0. The molecule has 1 spiro atoms. The lowest BCUT2D eigenvalue weighted by Crippen LogP contribution is -2.57. The Morgan fingerprint density at radius 1 is 1.18 bits per heavy atom. The molecular weight excluding hydrogens is 365 g/mol. The number of benzene rings is 1. The van der Waals surface area contributed by atoms with Crippen molar-refractivity contribution in [3.8, 4) is 0 Å². The van der Waals surface area contributed by atoms with Crippen molar-refractivity contribution in [3.63, 3.8) is 0 Å². The summed E-state index contributed by atoms with van der Waals surface area (Å²) in [5.74, 6) is -0.587. The second kappa shape index (κ2) is 7.28. The van der Waals surface area contributed by atoms with Gasteiger partial charge in [-0.1, -0.05) is 6.07 Å². The Morgan fingerprint density at radius 3 is 2.39 bits per heavy atom. The molecular formula is C21H28FNO5. The van der Waals surface area contributed by atoms with E-state index in [9.17, 15) is 9.18 Å². The molecule has 1 N–H and O–H groups in total. The van der Waals surface area contributed by atoms with Crippen LogP contribution in [0.3, 0.4) is 0 Å². The first-order chi connectivity index (χ1) is 13.3. The number of halogens is 1. The van der Waals surface area contributed by atoms with Crippen LogP contribution in [-0.2, 0) is 18.9 Å². The third-order valence-electron chi connectivity index (χ3n) is 5.74. The van der Waals surface area contributed by atoms with Gasteiger partial charge < -0.3 is 18.9 Å². The van der Waals surface area contributed by atoms with E-state index in [1.54, 1.807) is 32.9 Å². The van der Waals surface area contributed by atoms with Crippen LogP contribution < -0.4 is 5.32 Å². The molecule has 2 bridgehead atoms. The minimum absolute atomic E-state index is 0.0768. The highest BCUT2D eigenvalue weighted by Crippen LogP contribution is 2.52. The van der Waals surface area contributed by atoms with Gasteiger partial charge in [-0.05, 0) is 57.2 Å². The van der Waals surface area contributed by atoms with Crippen LogP contribution in [-0.4, -0.2) is 43.9 Å². The molecule has 154 valence electrons. The van der Waals surface area contributed by atoms with Gasteiger partial charge in [-0.15, -0.1) is 0 Å². The molecule has 1 amide bonds. The second-order valence-electron chi connectivity index (χ2n) is 8.88. The molecule has 2 aliphatic heterocycles. The SMILES string of the molecule is CC(C)(C)OC(=O)Nc1ccc(C2CC3COCC(C2)C32OCCO2)c(F)c1. The summed E-state index contributed by atoms with van der Waals surface area (Å²) in [5.41, 5.74) is 0.443. The van der Waals surface area contributed by atoms with Crippen molar-refractivity contribution in [1.82, 2.24) is 0 Å². The van der Waals surface area contributed by atoms with Crippen molar-refractivity contribution in [3.05, 3.63) is 29.6 Å². The van der Waals surface area contributed by atoms with Gasteiger partial charge in [0.05, 0.1) is 26.4 Å². The Kier molecular flexibility index (Phi) is 5.10. The molecule has 2 atom stereocenters. The Labute approximate surface area is 164 Å². The Balaban J connectivity index is 1.47. The molecule has 2 unspecified atom stereocenters. The van der Waals surface area contributed by atoms with E-state index in [1.807, 2.05) is 0 Å². The lowest BCUT2D eigenvalue weighted by atomic mass is 9.67. The summed E-state index contributed by atoms with van der Waals surface area (Å²) in [4.78, 5) is 11.9. The predicted octanol–water partition coefficient (Wildman–Crippen LogP) is 4.06. The summed E-state index contributed by atoms with van der Waals surface area (Å²) in [6, 6.07) is 4.84. The maximum Gasteiger partial charge on any atom is 0.412 e. The maximum absolute atomic E-state index is 14.9. The minimum atomic E-state index is -0.606. The number of nitrogens with one attached hydrogen (secondary N) is 1. The highest BCUT2D eigenvalue weighted by molar-refractivity contribution is 5.84. The molecule has 1 saturated carbocycles. The summed E-state index contributed by atoms with van der Waals surface area (Å²) in [7, 11) is 0. The van der Waals surface area contributed by atoms with Crippen molar-refractivity contribution >= 4 is 11.8 Å². The third-order valence-corrected chi connectivity index (χ3v) is 5.74. The largest absolute Gasteiger partial charge is 0.444 e. The first kappa shape index (κ1) is 19.6. The number of anilines is 1. The van der Waals surface area contributed by atoms with E-state index in [4.69, 9.17) is 18.9 Å². The van der Waals surface area contributed by atoms with Crippen LogP contribution >= 0.6 is 0 Å². The molecule has 1 aromatic carbocycles. The smallest absolute Gasteiger partial charge is 0.412 e. The normalized spacial score (nSPS) is 28.9. The summed E-state index contributed by atoms with van der Waals surface area (Å²) < 4.78 is 37.8. The molecule has 6 nitrogen and oxygen atoms in total. The Bertz CT molecular complexity index is 725. The van der Waals surface area contributed by atoms with Crippen LogP contribution in [0.15, 0.2) is 18.2 Å². The standard InChI is InChI=1S/C21H28FNO5/c1-20(2,3)28-19(24)23-16-4-5-17(18(22)10-16)13-8-14-11-25-12-15(9-13)21(14)26-6-7-27-21/h4-5,10,13-15H,6-9,11-12H2,1-3H3,(H,23,24). The fraction of sp³-hybridized carbons (Fsp3) is 0.667. The zero-order chi connectivity index (χ0) is 19.9. The zero-order valence-electron chi connectivity index (χ0n) is 16.6. The number of carbonyl (C=O) groups is 1. The number of carbonyl (C=O) groups excluding carboxylic acids is 1. The molecule has 3 fully saturated rings. The van der Waals surface area contributed by atoms with Gasteiger partial charge in [0.1, 0.15) is 11.4 Å². The average Bonchev–Trinajstić information content (AvgIpc) is 3.03. The van der Waals surface area contributed by atoms with Crippen LogP contribution in [0.1, 0.15) is 45.1 Å². The lowest BCUT2D eigenvalue weighted by molar-refractivity contribution is -0.290. The Morgan fingerprint density at radius 2 is 1.82 bits per heavy atom. The first-order valence-electron chi connectivity index (χ1n) is 9.92. The fourth-order valence-electron chi connectivity index (χ4n) is 4.69. The lowest BCUT2D eigenvalue weighted by Gasteiger charge is -2.51. The molecule has 7 heteroatoms. The van der Waals surface area contributed by atoms with Crippen LogP contribution in [0.25, 0.3) is 0 Å². The molecule has 2 heterocycles. The number of rotatable bonds is 2. The number of hydrogen-bond donors (Lipinski definition) is 1. The van der Waals surface area contributed by atoms with Gasteiger partial charge in [-0.2, -0.15) is 0 Å². The summed E-state index contributed by atoms with van der Waals surface area (Å²) in [6.07, 6.45) is 0.917. The minimum Gasteiger partial charge on any atom is -0.444 e. The van der Waals surface area contributed by atoms with E-state index in [1.165, 1.54) is 6.07 Å². The molecule has 0 radical (unpaired) electrons. The van der Waals surface area contributed by atoms with Crippen LogP contribution in [0.4, 0.5) is 14.9 Å². The van der Waals surface area contributed by atoms with Gasteiger partial charge in [0.2, 0.25) is 0 Å². The van der Waals surface area contributed by atoms with Crippen molar-refractivity contribution in [1.29, 1.82) is 0 Å². The van der Waals surface area contributed by atoms with E-state index in [-0.39, 0.29) is 23.6 Å². The molecule has 1 aromatic rings. The van der Waals surface area contributed by atoms with E-state index < -0.39 is 17.5 Å². The van der Waals surface area contributed by atoms with Crippen molar-refractivity contribution in [2.75, 3.05) is 31.7 Å². The average molecular weight is 393 g/mol. The van der Waals surface area contributed by atoms with E-state index in [0.717, 1.165) is 12.8 Å². The molecule has 4 rings (SSSR count). The van der Waals surface area contributed by atoms with Crippen molar-refractivity contribution in [2.45, 2.75) is 50.9 Å². The second-order valence-corrected chi connectivity index (χ2v) is 8.88. The van der Waals surface area contributed by atoms with Crippen molar-refractivity contribution < 1.29 is 28.1 Å². The highest BCUT2D eigenvalue weighted by atomic mass is 19.1.